The van der Waals surface area contributed by atoms with E-state index in [4.69, 9.17) is 4.74 Å². The average molecular weight is 342 g/mol. The topological polar surface area (TPSA) is 32.8 Å². The molecule has 4 heteroatoms. The number of amides is 1. The molecule has 4 rings (SSSR count). The summed E-state index contributed by atoms with van der Waals surface area (Å²) in [7, 11) is 4.27. The first-order valence-electron chi connectivity index (χ1n) is 9.50. The van der Waals surface area contributed by atoms with Gasteiger partial charge in [-0.2, -0.15) is 0 Å². The Bertz CT molecular complexity index is 714. The highest BCUT2D eigenvalue weighted by Gasteiger charge is 2.63. The predicted molar refractivity (Wildman–Crippen MR) is 98.9 cm³/mol. The maximum atomic E-state index is 13.2. The van der Waals surface area contributed by atoms with E-state index in [1.807, 2.05) is 6.92 Å². The van der Waals surface area contributed by atoms with E-state index in [1.165, 1.54) is 11.1 Å². The number of carbonyl (C=O) groups is 1. The molecule has 1 aromatic carbocycles. The van der Waals surface area contributed by atoms with Crippen LogP contribution in [0.15, 0.2) is 12.1 Å². The van der Waals surface area contributed by atoms with Crippen molar-refractivity contribution in [2.24, 2.45) is 11.8 Å². The number of hydrogen-bond donors (Lipinski definition) is 0. The summed E-state index contributed by atoms with van der Waals surface area (Å²) < 4.78 is 6.47. The van der Waals surface area contributed by atoms with Crippen molar-refractivity contribution >= 4 is 5.91 Å². The molecule has 0 unspecified atom stereocenters. The molecule has 25 heavy (non-hydrogen) atoms. The molecule has 0 saturated carbocycles. The molecule has 1 spiro atoms. The van der Waals surface area contributed by atoms with Gasteiger partial charge in [-0.15, -0.1) is 0 Å². The summed E-state index contributed by atoms with van der Waals surface area (Å²) in [5, 5.41) is 0. The lowest BCUT2D eigenvalue weighted by Crippen LogP contribution is -2.40. The lowest BCUT2D eigenvalue weighted by Gasteiger charge is -2.30. The van der Waals surface area contributed by atoms with Crippen LogP contribution in [0.2, 0.25) is 0 Å². The quantitative estimate of drug-likeness (QED) is 0.847. The Morgan fingerprint density at radius 2 is 1.96 bits per heavy atom. The summed E-state index contributed by atoms with van der Waals surface area (Å²) in [5.41, 5.74) is 4.30. The molecule has 3 saturated heterocycles. The Morgan fingerprint density at radius 1 is 1.24 bits per heavy atom. The molecule has 0 aliphatic carbocycles. The normalized spacial score (nSPS) is 33.4. The third kappa shape index (κ3) is 2.61. The van der Waals surface area contributed by atoms with Gasteiger partial charge in [0.25, 0.3) is 5.91 Å². The van der Waals surface area contributed by atoms with Crippen LogP contribution in [0.4, 0.5) is 0 Å². The highest BCUT2D eigenvalue weighted by Crippen LogP contribution is 2.55. The van der Waals surface area contributed by atoms with Gasteiger partial charge in [0.15, 0.2) is 0 Å². The zero-order valence-electron chi connectivity index (χ0n) is 16.1. The molecule has 0 N–H and O–H groups in total. The van der Waals surface area contributed by atoms with Crippen LogP contribution in [-0.4, -0.2) is 61.1 Å². The number of fused-ring (bicyclic) bond motifs is 1. The van der Waals surface area contributed by atoms with E-state index in [-0.39, 0.29) is 11.5 Å². The van der Waals surface area contributed by atoms with E-state index in [1.54, 1.807) is 0 Å². The standard InChI is InChI=1S/C21H30N2O2/c1-13-8-15(3)16(9-14(13)2)20(24)23-11-18-17(10-22(4)5)19-6-7-21(18,12-23)25-19/h8-9,17-19H,6-7,10-12H2,1-5H3/t17-,18+,19+,21+/m0/s1. The van der Waals surface area contributed by atoms with E-state index in [9.17, 15) is 4.79 Å². The zero-order chi connectivity index (χ0) is 17.9. The fraction of sp³-hybridized carbons (Fsp3) is 0.667. The molecule has 0 aromatic heterocycles. The van der Waals surface area contributed by atoms with Gasteiger partial charge in [-0.3, -0.25) is 4.79 Å². The number of likely N-dealkylation sites (tertiary alicyclic amines) is 1. The average Bonchev–Trinajstić information content (AvgIpc) is 3.19. The third-order valence-electron chi connectivity index (χ3n) is 6.72. The van der Waals surface area contributed by atoms with Crippen LogP contribution in [0.25, 0.3) is 0 Å². The van der Waals surface area contributed by atoms with E-state index < -0.39 is 0 Å². The Morgan fingerprint density at radius 3 is 2.68 bits per heavy atom. The van der Waals surface area contributed by atoms with Gasteiger partial charge >= 0.3 is 0 Å². The van der Waals surface area contributed by atoms with Crippen LogP contribution in [0.1, 0.15) is 39.9 Å². The van der Waals surface area contributed by atoms with Gasteiger partial charge in [0.05, 0.1) is 18.2 Å². The molecule has 1 amide bonds. The summed E-state index contributed by atoms with van der Waals surface area (Å²) in [6.45, 7) is 8.91. The zero-order valence-corrected chi connectivity index (χ0v) is 16.1. The van der Waals surface area contributed by atoms with Crippen LogP contribution in [0.3, 0.4) is 0 Å². The van der Waals surface area contributed by atoms with Crippen molar-refractivity contribution in [3.63, 3.8) is 0 Å². The molecule has 1 aromatic rings. The van der Waals surface area contributed by atoms with Gasteiger partial charge in [0.2, 0.25) is 0 Å². The maximum absolute atomic E-state index is 13.2. The van der Waals surface area contributed by atoms with Crippen LogP contribution in [0.5, 0.6) is 0 Å². The van der Waals surface area contributed by atoms with E-state index in [2.05, 4.69) is 49.9 Å². The summed E-state index contributed by atoms with van der Waals surface area (Å²) in [5.74, 6) is 1.23. The maximum Gasteiger partial charge on any atom is 0.254 e. The van der Waals surface area contributed by atoms with Gasteiger partial charge in [0, 0.05) is 30.5 Å². The van der Waals surface area contributed by atoms with Gasteiger partial charge in [0.1, 0.15) is 0 Å². The molecular weight excluding hydrogens is 312 g/mol. The smallest absolute Gasteiger partial charge is 0.254 e. The molecule has 0 radical (unpaired) electrons. The highest BCUT2D eigenvalue weighted by atomic mass is 16.5. The summed E-state index contributed by atoms with van der Waals surface area (Å²) in [4.78, 5) is 17.5. The third-order valence-corrected chi connectivity index (χ3v) is 6.72. The number of hydrogen-bond acceptors (Lipinski definition) is 3. The van der Waals surface area contributed by atoms with Crippen LogP contribution in [0, 0.1) is 32.6 Å². The molecule has 4 nitrogen and oxygen atoms in total. The molecule has 3 aliphatic heterocycles. The van der Waals surface area contributed by atoms with Crippen LogP contribution < -0.4 is 0 Å². The summed E-state index contributed by atoms with van der Waals surface area (Å²) in [6.07, 6.45) is 2.66. The van der Waals surface area contributed by atoms with Crippen molar-refractivity contribution in [3.05, 3.63) is 34.4 Å². The van der Waals surface area contributed by atoms with Crippen molar-refractivity contribution in [3.8, 4) is 0 Å². The molecule has 3 aliphatic rings. The minimum Gasteiger partial charge on any atom is -0.369 e. The summed E-state index contributed by atoms with van der Waals surface area (Å²) in [6, 6.07) is 4.20. The van der Waals surface area contributed by atoms with Crippen LogP contribution in [-0.2, 0) is 4.74 Å². The van der Waals surface area contributed by atoms with Crippen molar-refractivity contribution in [1.29, 1.82) is 0 Å². The number of carbonyl (C=O) groups excluding carboxylic acids is 1. The molecular formula is C21H30N2O2. The van der Waals surface area contributed by atoms with Crippen molar-refractivity contribution in [2.45, 2.75) is 45.3 Å². The minimum absolute atomic E-state index is 0.0748. The molecule has 3 heterocycles. The number of nitrogens with zero attached hydrogens (tertiary/aromatic N) is 2. The minimum atomic E-state index is -0.0748. The first-order chi connectivity index (χ1) is 11.8. The van der Waals surface area contributed by atoms with E-state index in [0.717, 1.165) is 43.6 Å². The number of benzene rings is 1. The molecule has 4 atom stereocenters. The summed E-state index contributed by atoms with van der Waals surface area (Å²) >= 11 is 0. The Kier molecular flexibility index (Phi) is 3.97. The van der Waals surface area contributed by atoms with Gasteiger partial charge in [-0.05, 0) is 70.5 Å². The molecule has 3 fully saturated rings. The predicted octanol–water partition coefficient (Wildman–Crippen LogP) is 2.79. The van der Waals surface area contributed by atoms with E-state index in [0.29, 0.717) is 17.9 Å². The number of rotatable bonds is 3. The monoisotopic (exact) mass is 342 g/mol. The largest absolute Gasteiger partial charge is 0.369 e. The van der Waals surface area contributed by atoms with Gasteiger partial charge in [-0.25, -0.2) is 0 Å². The number of ether oxygens (including phenoxy) is 1. The molecule has 2 bridgehead atoms. The van der Waals surface area contributed by atoms with Crippen molar-refractivity contribution in [2.75, 3.05) is 33.7 Å². The Hall–Kier alpha value is -1.39. The molecule has 136 valence electrons. The van der Waals surface area contributed by atoms with E-state index >= 15 is 0 Å². The van der Waals surface area contributed by atoms with Crippen LogP contribution >= 0.6 is 0 Å². The fourth-order valence-corrected chi connectivity index (χ4v) is 5.37. The van der Waals surface area contributed by atoms with Gasteiger partial charge < -0.3 is 14.5 Å². The second-order valence-electron chi connectivity index (χ2n) is 8.73. The number of aryl methyl sites for hydroxylation is 3. The Labute approximate surface area is 151 Å². The first kappa shape index (κ1) is 17.0. The SMILES string of the molecule is Cc1cc(C)c(C(=O)N2C[C@@H]3[C@H](CN(C)C)[C@H]4CC[C@]3(C2)O4)cc1C. The first-order valence-corrected chi connectivity index (χ1v) is 9.50. The lowest BCUT2D eigenvalue weighted by atomic mass is 9.73. The van der Waals surface area contributed by atoms with Crippen molar-refractivity contribution < 1.29 is 9.53 Å². The second kappa shape index (κ2) is 5.82. The fourth-order valence-electron chi connectivity index (χ4n) is 5.37. The lowest BCUT2D eigenvalue weighted by molar-refractivity contribution is 0.00255. The highest BCUT2D eigenvalue weighted by molar-refractivity contribution is 5.96. The van der Waals surface area contributed by atoms with Crippen molar-refractivity contribution in [1.82, 2.24) is 9.80 Å². The Balaban J connectivity index is 1.58. The second-order valence-corrected chi connectivity index (χ2v) is 8.73. The van der Waals surface area contributed by atoms with Gasteiger partial charge in [-0.1, -0.05) is 6.07 Å².